The zero-order valence-electron chi connectivity index (χ0n) is 11.1. The van der Waals surface area contributed by atoms with Crippen molar-refractivity contribution in [2.45, 2.75) is 33.0 Å². The average molecular weight is 238 g/mol. The van der Waals surface area contributed by atoms with Crippen molar-refractivity contribution in [3.63, 3.8) is 0 Å². The molecule has 0 aliphatic heterocycles. The van der Waals surface area contributed by atoms with Gasteiger partial charge >= 0.3 is 0 Å². The van der Waals surface area contributed by atoms with Crippen LogP contribution in [0.1, 0.15) is 32.6 Å². The quantitative estimate of drug-likeness (QED) is 0.823. The Bertz CT molecular complexity index is 323. The highest BCUT2D eigenvalue weighted by Gasteiger charge is 2.05. The molecule has 1 heterocycles. The summed E-state index contributed by atoms with van der Waals surface area (Å²) in [5.41, 5.74) is 1.72. The molecule has 96 valence electrons. The first kappa shape index (κ1) is 13.9. The van der Waals surface area contributed by atoms with Crippen LogP contribution in [0.4, 0.5) is 5.69 Å². The van der Waals surface area contributed by atoms with E-state index in [1.54, 1.807) is 13.1 Å². The summed E-state index contributed by atoms with van der Waals surface area (Å²) in [5, 5.41) is 9.36. The maximum absolute atomic E-state index is 9.36. The minimum atomic E-state index is -0.515. The largest absolute Gasteiger partial charge is 0.387 e. The van der Waals surface area contributed by atoms with E-state index in [1.165, 1.54) is 0 Å². The molecule has 0 saturated carbocycles. The highest BCUT2D eigenvalue weighted by molar-refractivity contribution is 5.43. The fourth-order valence-corrected chi connectivity index (χ4v) is 1.42. The Morgan fingerprint density at radius 2 is 2.06 bits per heavy atom. The minimum absolute atomic E-state index is 0.263. The number of pyridine rings is 1. The van der Waals surface area contributed by atoms with Gasteiger partial charge in [-0.25, -0.2) is 0 Å². The van der Waals surface area contributed by atoms with Crippen LogP contribution in [0.25, 0.3) is 0 Å². The molecule has 0 unspecified atom stereocenters. The van der Waals surface area contributed by atoms with Gasteiger partial charge in [0, 0.05) is 13.6 Å². The van der Waals surface area contributed by atoms with Crippen LogP contribution in [-0.2, 0) is 4.74 Å². The van der Waals surface area contributed by atoms with E-state index in [2.05, 4.69) is 9.88 Å². The summed E-state index contributed by atoms with van der Waals surface area (Å²) in [6, 6.07) is 3.81. The zero-order valence-corrected chi connectivity index (χ0v) is 11.1. The van der Waals surface area contributed by atoms with Gasteiger partial charge in [-0.15, -0.1) is 0 Å². The first-order valence-electron chi connectivity index (χ1n) is 5.97. The summed E-state index contributed by atoms with van der Waals surface area (Å²) in [5.74, 6) is 0. The molecule has 0 spiro atoms. The first-order valence-corrected chi connectivity index (χ1v) is 5.97. The van der Waals surface area contributed by atoms with Crippen molar-refractivity contribution in [1.82, 2.24) is 4.98 Å². The summed E-state index contributed by atoms with van der Waals surface area (Å²) in [4.78, 5) is 6.29. The number of hydrogen-bond donors (Lipinski definition) is 1. The molecule has 1 rings (SSSR count). The Kier molecular flexibility index (Phi) is 5.38. The van der Waals surface area contributed by atoms with Crippen LogP contribution in [0.15, 0.2) is 18.3 Å². The monoisotopic (exact) mass is 238 g/mol. The minimum Gasteiger partial charge on any atom is -0.387 e. The molecule has 0 aliphatic rings. The van der Waals surface area contributed by atoms with E-state index in [-0.39, 0.29) is 6.10 Å². The van der Waals surface area contributed by atoms with Gasteiger partial charge in [0.1, 0.15) is 0 Å². The molecule has 1 atom stereocenters. The predicted molar refractivity (Wildman–Crippen MR) is 69.2 cm³/mol. The van der Waals surface area contributed by atoms with E-state index >= 15 is 0 Å². The number of rotatable bonds is 6. The van der Waals surface area contributed by atoms with Crippen LogP contribution >= 0.6 is 0 Å². The Labute approximate surface area is 103 Å². The second-order valence-electron chi connectivity index (χ2n) is 4.46. The lowest BCUT2D eigenvalue weighted by molar-refractivity contribution is 0.0846. The van der Waals surface area contributed by atoms with Crippen molar-refractivity contribution < 1.29 is 9.84 Å². The molecule has 0 fully saturated rings. The molecule has 0 radical (unpaired) electrons. The fourth-order valence-electron chi connectivity index (χ4n) is 1.42. The van der Waals surface area contributed by atoms with Gasteiger partial charge in [0.2, 0.25) is 0 Å². The summed E-state index contributed by atoms with van der Waals surface area (Å²) in [6.07, 6.45) is 1.52. The highest BCUT2D eigenvalue weighted by atomic mass is 16.5. The van der Waals surface area contributed by atoms with Crippen LogP contribution in [-0.4, -0.2) is 36.4 Å². The third kappa shape index (κ3) is 4.71. The van der Waals surface area contributed by atoms with Crippen molar-refractivity contribution in [2.24, 2.45) is 0 Å². The lowest BCUT2D eigenvalue weighted by Crippen LogP contribution is -2.24. The smallest absolute Gasteiger partial charge is 0.0931 e. The third-order valence-corrected chi connectivity index (χ3v) is 2.52. The van der Waals surface area contributed by atoms with Crippen LogP contribution in [0.3, 0.4) is 0 Å². The number of nitrogens with zero attached hydrogens (tertiary/aromatic N) is 2. The number of aliphatic hydroxyl groups is 1. The van der Waals surface area contributed by atoms with Gasteiger partial charge in [0.05, 0.1) is 36.4 Å². The molecule has 0 amide bonds. The third-order valence-electron chi connectivity index (χ3n) is 2.52. The van der Waals surface area contributed by atoms with E-state index in [9.17, 15) is 5.11 Å². The predicted octanol–water partition coefficient (Wildman–Crippen LogP) is 2.00. The van der Waals surface area contributed by atoms with Gasteiger partial charge in [-0.05, 0) is 32.9 Å². The second-order valence-corrected chi connectivity index (χ2v) is 4.46. The van der Waals surface area contributed by atoms with Gasteiger partial charge in [0.15, 0.2) is 0 Å². The van der Waals surface area contributed by atoms with Crippen LogP contribution in [0, 0.1) is 0 Å². The summed E-state index contributed by atoms with van der Waals surface area (Å²) in [7, 11) is 2.00. The molecule has 0 bridgehead atoms. The number of aromatic nitrogens is 1. The normalized spacial score (nSPS) is 12.8. The molecule has 0 aliphatic carbocycles. The zero-order chi connectivity index (χ0) is 12.8. The first-order chi connectivity index (χ1) is 8.00. The molecule has 0 saturated heterocycles. The van der Waals surface area contributed by atoms with Crippen molar-refractivity contribution in [2.75, 3.05) is 25.1 Å². The molecule has 0 aromatic carbocycles. The van der Waals surface area contributed by atoms with Crippen molar-refractivity contribution in [3.05, 3.63) is 24.0 Å². The summed E-state index contributed by atoms with van der Waals surface area (Å²) in [6.45, 7) is 7.29. The maximum Gasteiger partial charge on any atom is 0.0931 e. The number of ether oxygens (including phenoxy) is 1. The molecule has 4 heteroatoms. The molecule has 1 aromatic rings. The molecule has 1 aromatic heterocycles. The number of likely N-dealkylation sites (N-methyl/N-ethyl adjacent to an activating group) is 1. The van der Waals surface area contributed by atoms with Crippen molar-refractivity contribution in [1.29, 1.82) is 0 Å². The second kappa shape index (κ2) is 6.57. The Morgan fingerprint density at radius 3 is 2.53 bits per heavy atom. The van der Waals surface area contributed by atoms with Gasteiger partial charge in [-0.1, -0.05) is 0 Å². The van der Waals surface area contributed by atoms with Gasteiger partial charge in [-0.3, -0.25) is 4.98 Å². The highest BCUT2D eigenvalue weighted by Crippen LogP contribution is 2.14. The van der Waals surface area contributed by atoms with Crippen molar-refractivity contribution >= 4 is 5.69 Å². The lowest BCUT2D eigenvalue weighted by Gasteiger charge is -2.20. The van der Waals surface area contributed by atoms with Crippen LogP contribution in [0.5, 0.6) is 0 Å². The Balaban J connectivity index is 2.48. The number of hydrogen-bond acceptors (Lipinski definition) is 4. The van der Waals surface area contributed by atoms with E-state index in [4.69, 9.17) is 4.74 Å². The maximum atomic E-state index is 9.36. The molecule has 1 N–H and O–H groups in total. The number of anilines is 1. The summed E-state index contributed by atoms with van der Waals surface area (Å²) < 4.78 is 5.49. The Morgan fingerprint density at radius 1 is 1.35 bits per heavy atom. The van der Waals surface area contributed by atoms with Gasteiger partial charge in [-0.2, -0.15) is 0 Å². The van der Waals surface area contributed by atoms with E-state index in [0.717, 1.165) is 12.2 Å². The molecule has 4 nitrogen and oxygen atoms in total. The average Bonchev–Trinajstić information content (AvgIpc) is 2.28. The number of aliphatic hydroxyl groups excluding tert-OH is 1. The van der Waals surface area contributed by atoms with Gasteiger partial charge < -0.3 is 14.7 Å². The van der Waals surface area contributed by atoms with E-state index < -0.39 is 6.10 Å². The topological polar surface area (TPSA) is 45.6 Å². The fraction of sp³-hybridized carbons (Fsp3) is 0.615. The van der Waals surface area contributed by atoms with E-state index in [0.29, 0.717) is 12.3 Å². The SMILES string of the molecule is CC(C)OCCN(C)c1ccc([C@H](C)O)nc1. The summed E-state index contributed by atoms with van der Waals surface area (Å²) >= 11 is 0. The molecule has 17 heavy (non-hydrogen) atoms. The van der Waals surface area contributed by atoms with E-state index in [1.807, 2.05) is 33.0 Å². The molecular weight excluding hydrogens is 216 g/mol. The molecular formula is C13H22N2O2. The Hall–Kier alpha value is -1.13. The van der Waals surface area contributed by atoms with Crippen LogP contribution in [0.2, 0.25) is 0 Å². The van der Waals surface area contributed by atoms with Crippen LogP contribution < -0.4 is 4.90 Å². The van der Waals surface area contributed by atoms with Gasteiger partial charge in [0.25, 0.3) is 0 Å². The van der Waals surface area contributed by atoms with Crippen molar-refractivity contribution in [3.8, 4) is 0 Å². The lowest BCUT2D eigenvalue weighted by atomic mass is 10.2. The standard InChI is InChI=1S/C13H22N2O2/c1-10(2)17-8-7-15(4)12-5-6-13(11(3)16)14-9-12/h5-6,9-11,16H,7-8H2,1-4H3/t11-/m0/s1.